The zero-order chi connectivity index (χ0) is 13.7. The Kier molecular flexibility index (Phi) is 5.25. The van der Waals surface area contributed by atoms with Crippen LogP contribution in [0.25, 0.3) is 0 Å². The lowest BCUT2D eigenvalue weighted by molar-refractivity contribution is -0.125. The van der Waals surface area contributed by atoms with Crippen LogP contribution in [0.15, 0.2) is 18.2 Å². The van der Waals surface area contributed by atoms with Crippen LogP contribution in [0.4, 0.5) is 4.39 Å². The molecule has 0 aliphatic rings. The number of nitrogens with one attached hydrogen (secondary N) is 1. The van der Waals surface area contributed by atoms with Gasteiger partial charge in [-0.3, -0.25) is 4.79 Å². The van der Waals surface area contributed by atoms with Gasteiger partial charge in [0, 0.05) is 24.1 Å². The van der Waals surface area contributed by atoms with Crippen molar-refractivity contribution in [3.63, 3.8) is 0 Å². The van der Waals surface area contributed by atoms with E-state index in [0.717, 1.165) is 0 Å². The van der Waals surface area contributed by atoms with Crippen molar-refractivity contribution in [2.24, 2.45) is 11.7 Å². The first-order valence-corrected chi connectivity index (χ1v) is 5.87. The van der Waals surface area contributed by atoms with Crippen molar-refractivity contribution < 1.29 is 14.3 Å². The average Bonchev–Trinajstić information content (AvgIpc) is 2.35. The SMILES string of the molecule is CC(N)C(C)C(=O)NCc1ccc(CO)c(F)c1. The standard InChI is InChI=1S/C13H19FN2O2/c1-8(9(2)15)13(18)16-6-10-3-4-11(7-17)12(14)5-10/h3-5,8-9,17H,6-7,15H2,1-2H3,(H,16,18). The third-order valence-electron chi connectivity index (χ3n) is 2.96. The molecule has 2 unspecified atom stereocenters. The number of carbonyl (C=O) groups is 1. The van der Waals surface area contributed by atoms with Crippen LogP contribution in [0.5, 0.6) is 0 Å². The Morgan fingerprint density at radius 1 is 1.50 bits per heavy atom. The molecule has 1 rings (SSSR count). The lowest BCUT2D eigenvalue weighted by atomic mass is 10.0. The molecule has 1 amide bonds. The van der Waals surface area contributed by atoms with Gasteiger partial charge in [0.2, 0.25) is 5.91 Å². The summed E-state index contributed by atoms with van der Waals surface area (Å²) in [5, 5.41) is 11.5. The van der Waals surface area contributed by atoms with Gasteiger partial charge in [0.05, 0.1) is 6.61 Å². The molecule has 0 spiro atoms. The summed E-state index contributed by atoms with van der Waals surface area (Å²) < 4.78 is 13.4. The number of benzene rings is 1. The number of carbonyl (C=O) groups excluding carboxylic acids is 1. The molecule has 0 fully saturated rings. The molecule has 0 saturated heterocycles. The van der Waals surface area contributed by atoms with E-state index in [1.165, 1.54) is 12.1 Å². The van der Waals surface area contributed by atoms with Crippen LogP contribution in [-0.4, -0.2) is 17.1 Å². The summed E-state index contributed by atoms with van der Waals surface area (Å²) in [6, 6.07) is 4.26. The topological polar surface area (TPSA) is 75.4 Å². The van der Waals surface area contributed by atoms with E-state index in [9.17, 15) is 9.18 Å². The molecule has 0 aliphatic carbocycles. The molecule has 1 aromatic carbocycles. The van der Waals surface area contributed by atoms with Gasteiger partial charge in [-0.25, -0.2) is 4.39 Å². The van der Waals surface area contributed by atoms with Gasteiger partial charge in [0.1, 0.15) is 5.82 Å². The molecule has 0 radical (unpaired) electrons. The second-order valence-corrected chi connectivity index (χ2v) is 4.45. The van der Waals surface area contributed by atoms with Crippen molar-refractivity contribution >= 4 is 5.91 Å². The zero-order valence-electron chi connectivity index (χ0n) is 10.6. The summed E-state index contributed by atoms with van der Waals surface area (Å²) in [6.07, 6.45) is 0. The maximum Gasteiger partial charge on any atom is 0.224 e. The molecule has 1 aromatic rings. The van der Waals surface area contributed by atoms with Crippen LogP contribution < -0.4 is 11.1 Å². The third kappa shape index (κ3) is 3.78. The molecular weight excluding hydrogens is 235 g/mol. The predicted octanol–water partition coefficient (Wildman–Crippen LogP) is 0.917. The largest absolute Gasteiger partial charge is 0.392 e. The fraction of sp³-hybridized carbons (Fsp3) is 0.462. The number of aliphatic hydroxyl groups excluding tert-OH is 1. The maximum absolute atomic E-state index is 13.4. The Morgan fingerprint density at radius 3 is 2.67 bits per heavy atom. The van der Waals surface area contributed by atoms with Crippen LogP contribution in [0.2, 0.25) is 0 Å². The smallest absolute Gasteiger partial charge is 0.224 e. The minimum absolute atomic E-state index is 0.156. The van der Waals surface area contributed by atoms with Gasteiger partial charge in [-0.2, -0.15) is 0 Å². The Labute approximate surface area is 106 Å². The fourth-order valence-electron chi connectivity index (χ4n) is 1.42. The van der Waals surface area contributed by atoms with Crippen molar-refractivity contribution in [1.29, 1.82) is 0 Å². The molecule has 0 aliphatic heterocycles. The first-order chi connectivity index (χ1) is 8.45. The minimum atomic E-state index is -0.468. The van der Waals surface area contributed by atoms with E-state index < -0.39 is 5.82 Å². The van der Waals surface area contributed by atoms with Crippen molar-refractivity contribution in [1.82, 2.24) is 5.32 Å². The van der Waals surface area contributed by atoms with Crippen molar-refractivity contribution in [2.45, 2.75) is 33.0 Å². The lowest BCUT2D eigenvalue weighted by Crippen LogP contribution is -2.38. The number of hydrogen-bond acceptors (Lipinski definition) is 3. The quantitative estimate of drug-likeness (QED) is 0.731. The highest BCUT2D eigenvalue weighted by Crippen LogP contribution is 2.10. The summed E-state index contributed by atoms with van der Waals surface area (Å²) in [6.45, 7) is 3.42. The van der Waals surface area contributed by atoms with Crippen LogP contribution in [-0.2, 0) is 17.9 Å². The highest BCUT2D eigenvalue weighted by atomic mass is 19.1. The maximum atomic E-state index is 13.4. The zero-order valence-corrected chi connectivity index (χ0v) is 10.6. The highest BCUT2D eigenvalue weighted by molar-refractivity contribution is 5.78. The molecular formula is C13H19FN2O2. The predicted molar refractivity (Wildman–Crippen MR) is 67.0 cm³/mol. The van der Waals surface area contributed by atoms with E-state index in [0.29, 0.717) is 5.56 Å². The first kappa shape index (κ1) is 14.6. The molecule has 18 heavy (non-hydrogen) atoms. The third-order valence-corrected chi connectivity index (χ3v) is 2.96. The number of nitrogens with two attached hydrogens (primary N) is 1. The number of amides is 1. The van der Waals surface area contributed by atoms with E-state index in [2.05, 4.69) is 5.32 Å². The summed E-state index contributed by atoms with van der Waals surface area (Å²) in [4.78, 5) is 11.6. The van der Waals surface area contributed by atoms with Gasteiger partial charge in [-0.05, 0) is 18.6 Å². The van der Waals surface area contributed by atoms with Crippen LogP contribution in [0.1, 0.15) is 25.0 Å². The summed E-state index contributed by atoms with van der Waals surface area (Å²) >= 11 is 0. The fourth-order valence-corrected chi connectivity index (χ4v) is 1.42. The number of hydrogen-bond donors (Lipinski definition) is 3. The van der Waals surface area contributed by atoms with Crippen LogP contribution in [0.3, 0.4) is 0 Å². The molecule has 0 heterocycles. The Bertz CT molecular complexity index is 421. The molecule has 4 nitrogen and oxygen atoms in total. The summed E-state index contributed by atoms with van der Waals surface area (Å²) in [5.74, 6) is -0.910. The average molecular weight is 254 g/mol. The molecule has 0 bridgehead atoms. The van der Waals surface area contributed by atoms with Gasteiger partial charge < -0.3 is 16.2 Å². The molecule has 100 valence electrons. The Balaban J connectivity index is 2.59. The molecule has 0 saturated carbocycles. The van der Waals surface area contributed by atoms with Gasteiger partial charge in [-0.15, -0.1) is 0 Å². The van der Waals surface area contributed by atoms with Gasteiger partial charge in [0.25, 0.3) is 0 Å². The Hall–Kier alpha value is -1.46. The van der Waals surface area contributed by atoms with E-state index in [4.69, 9.17) is 10.8 Å². The monoisotopic (exact) mass is 254 g/mol. The number of aliphatic hydroxyl groups is 1. The molecule has 2 atom stereocenters. The van der Waals surface area contributed by atoms with E-state index in [1.54, 1.807) is 19.9 Å². The second kappa shape index (κ2) is 6.47. The van der Waals surface area contributed by atoms with Gasteiger partial charge in [0.15, 0.2) is 0 Å². The second-order valence-electron chi connectivity index (χ2n) is 4.45. The Morgan fingerprint density at radius 2 is 2.17 bits per heavy atom. The molecule has 5 heteroatoms. The summed E-state index contributed by atoms with van der Waals surface area (Å²) in [7, 11) is 0. The minimum Gasteiger partial charge on any atom is -0.392 e. The normalized spacial score (nSPS) is 14.1. The number of rotatable bonds is 5. The molecule has 4 N–H and O–H groups in total. The van der Waals surface area contributed by atoms with E-state index in [-0.39, 0.29) is 36.6 Å². The van der Waals surface area contributed by atoms with Gasteiger partial charge >= 0.3 is 0 Å². The van der Waals surface area contributed by atoms with Crippen molar-refractivity contribution in [2.75, 3.05) is 0 Å². The van der Waals surface area contributed by atoms with Gasteiger partial charge in [-0.1, -0.05) is 19.1 Å². The highest BCUT2D eigenvalue weighted by Gasteiger charge is 2.16. The molecule has 0 aromatic heterocycles. The number of halogens is 1. The van der Waals surface area contributed by atoms with E-state index >= 15 is 0 Å². The van der Waals surface area contributed by atoms with Crippen LogP contribution in [0, 0.1) is 11.7 Å². The van der Waals surface area contributed by atoms with Crippen molar-refractivity contribution in [3.8, 4) is 0 Å². The first-order valence-electron chi connectivity index (χ1n) is 5.87. The van der Waals surface area contributed by atoms with E-state index in [1.807, 2.05) is 0 Å². The summed E-state index contributed by atoms with van der Waals surface area (Å²) in [5.41, 5.74) is 6.51. The van der Waals surface area contributed by atoms with Crippen LogP contribution >= 0.6 is 0 Å². The lowest BCUT2D eigenvalue weighted by Gasteiger charge is -2.15. The van der Waals surface area contributed by atoms with Crippen molar-refractivity contribution in [3.05, 3.63) is 35.1 Å².